The molecule has 0 aromatic rings. The van der Waals surface area contributed by atoms with Crippen molar-refractivity contribution in [1.82, 2.24) is 0 Å². The molecule has 15 nitrogen and oxygen atoms in total. The van der Waals surface area contributed by atoms with Crippen LogP contribution in [0.25, 0.3) is 0 Å². The fourth-order valence-electron chi connectivity index (χ4n) is 8.86. The molecule has 0 amide bonds. The van der Waals surface area contributed by atoms with Crippen molar-refractivity contribution in [3.63, 3.8) is 0 Å². The number of carbonyl (C=O) groups excluding carboxylic acids is 6. The van der Waals surface area contributed by atoms with Gasteiger partial charge in [0.05, 0.1) is 35.9 Å². The first kappa shape index (κ1) is 63.8. The van der Waals surface area contributed by atoms with Gasteiger partial charge < -0.3 is 42.6 Å². The van der Waals surface area contributed by atoms with E-state index in [1.165, 1.54) is 26.4 Å². The van der Waals surface area contributed by atoms with Gasteiger partial charge in [-0.3, -0.25) is 19.2 Å². The quantitative estimate of drug-likeness (QED) is 0.165. The van der Waals surface area contributed by atoms with Crippen molar-refractivity contribution in [2.75, 3.05) is 13.7 Å². The molecule has 8 rings (SSSR count). The van der Waals surface area contributed by atoms with Crippen LogP contribution in [0.5, 0.6) is 0 Å². The van der Waals surface area contributed by atoms with Gasteiger partial charge in [-0.25, -0.2) is 9.59 Å². The zero-order valence-electron chi connectivity index (χ0n) is 37.1. The predicted molar refractivity (Wildman–Crippen MR) is 249 cm³/mol. The van der Waals surface area contributed by atoms with E-state index in [1.807, 2.05) is 48.5 Å². The Morgan fingerprint density at radius 3 is 1.63 bits per heavy atom. The summed E-state index contributed by atoms with van der Waals surface area (Å²) in [6.45, 7) is 21.0. The molecule has 12 unspecified atom stereocenters. The molecule has 0 aromatic carbocycles. The molecule has 65 heavy (non-hydrogen) atoms. The van der Waals surface area contributed by atoms with Gasteiger partial charge in [0.2, 0.25) is 12.2 Å². The van der Waals surface area contributed by atoms with E-state index < -0.39 is 65.4 Å². The number of ether oxygens (including phenoxy) is 9. The second-order valence-electron chi connectivity index (χ2n) is 19.5. The average molecular weight is 933 g/mol. The third-order valence-corrected chi connectivity index (χ3v) is 13.9. The standard InChI is InChI=1S/C15H22O7.C13H20O4.C9H12O2.C7H14O2.6CH4/c1-6-14(2,3)13(17)20-9-7-8(18-11(9)16)10-12(19-7)22-15(4,5)21-10;1-4-13(2,3)12(15)17-10-8-6-5-7-9(8)16-11(10)14;10-9-8-6-2-1-5(3-6)7(8)4-11-9;1-5-7(2,3)6(8)9-4;;;;;;/h7-10,12H,6H2,1-5H3;8-10H,4-7H2,1-3H3;5-8H,1-4H2;5H2,1-4H3;6*1H4. The Labute approximate surface area is 393 Å². The Kier molecular flexibility index (Phi) is 24.2. The molecule has 0 aromatic heterocycles. The third-order valence-electron chi connectivity index (χ3n) is 13.9. The van der Waals surface area contributed by atoms with Gasteiger partial charge in [-0.15, -0.1) is 0 Å². The normalized spacial score (nSPS) is 32.2. The van der Waals surface area contributed by atoms with Gasteiger partial charge in [0, 0.05) is 11.8 Å². The van der Waals surface area contributed by atoms with Crippen molar-refractivity contribution in [3.05, 3.63) is 0 Å². The van der Waals surface area contributed by atoms with Crippen LogP contribution in [0.3, 0.4) is 0 Å². The zero-order valence-corrected chi connectivity index (χ0v) is 37.1. The molecule has 0 spiro atoms. The van der Waals surface area contributed by atoms with E-state index in [9.17, 15) is 28.8 Å². The maximum Gasteiger partial charge on any atom is 0.350 e. The maximum atomic E-state index is 12.2. The van der Waals surface area contributed by atoms with Gasteiger partial charge in [-0.2, -0.15) is 0 Å². The molecule has 2 bridgehead atoms. The second-order valence-corrected chi connectivity index (χ2v) is 19.5. The Balaban J connectivity index is 0. The van der Waals surface area contributed by atoms with E-state index in [4.69, 9.17) is 37.9 Å². The summed E-state index contributed by atoms with van der Waals surface area (Å²) in [5, 5.41) is 0. The largest absolute Gasteiger partial charge is 0.469 e. The first-order valence-electron chi connectivity index (χ1n) is 21.6. The molecule has 12 atom stereocenters. The van der Waals surface area contributed by atoms with Crippen molar-refractivity contribution in [1.29, 1.82) is 0 Å². The van der Waals surface area contributed by atoms with Crippen molar-refractivity contribution in [2.45, 2.75) is 227 Å². The second kappa shape index (κ2) is 24.6. The van der Waals surface area contributed by atoms with Gasteiger partial charge in [-0.05, 0) is 125 Å². The SMILES string of the molecule is C.C.C.C.C.C.CCC(C)(C)C(=O)OC.CCC(C)(C)C(=O)OC1C(=O)OC2C3OC(C)(C)OC3OC12.CCC(C)(C)C(=O)OC1C(=O)OC2CCCC21.O=C1OCC2C3CCC(C3)C12. The summed E-state index contributed by atoms with van der Waals surface area (Å²) in [4.78, 5) is 69.9. The molecule has 0 radical (unpaired) electrons. The number of methoxy groups -OCH3 is 1. The lowest BCUT2D eigenvalue weighted by atomic mass is 9.81. The van der Waals surface area contributed by atoms with Crippen LogP contribution in [0.1, 0.15) is 179 Å². The minimum atomic E-state index is -1.07. The van der Waals surface area contributed by atoms with E-state index in [0.717, 1.165) is 38.2 Å². The van der Waals surface area contributed by atoms with E-state index in [1.54, 1.807) is 27.7 Å². The number of fused-ring (bicyclic) bond motifs is 9. The Hall–Kier alpha value is -3.30. The highest BCUT2D eigenvalue weighted by atomic mass is 16.9. The number of esters is 6. The van der Waals surface area contributed by atoms with Crippen molar-refractivity contribution < 1.29 is 71.4 Å². The van der Waals surface area contributed by atoms with Crippen molar-refractivity contribution >= 4 is 35.8 Å². The first-order valence-corrected chi connectivity index (χ1v) is 21.6. The summed E-state index contributed by atoms with van der Waals surface area (Å²) in [5.41, 5.74) is -1.51. The van der Waals surface area contributed by atoms with Gasteiger partial charge in [-0.1, -0.05) is 65.3 Å². The van der Waals surface area contributed by atoms with Crippen LogP contribution in [-0.4, -0.2) is 98.2 Å². The number of hydrogen-bond acceptors (Lipinski definition) is 15. The molecular weight excluding hydrogens is 841 g/mol. The molecule has 382 valence electrons. The molecule has 0 N–H and O–H groups in total. The Morgan fingerprint density at radius 1 is 0.615 bits per heavy atom. The minimum Gasteiger partial charge on any atom is -0.469 e. The molecule has 8 aliphatic rings. The summed E-state index contributed by atoms with van der Waals surface area (Å²) in [5.74, 6) is 0.0146. The topological polar surface area (TPSA) is 185 Å². The van der Waals surface area contributed by atoms with Crippen LogP contribution < -0.4 is 0 Å². The minimum absolute atomic E-state index is 0. The van der Waals surface area contributed by atoms with Gasteiger partial charge >= 0.3 is 35.8 Å². The highest BCUT2D eigenvalue weighted by molar-refractivity contribution is 5.84. The lowest BCUT2D eigenvalue weighted by Crippen LogP contribution is -2.40. The van der Waals surface area contributed by atoms with Crippen molar-refractivity contribution in [3.8, 4) is 0 Å². The number of carbonyl (C=O) groups is 6. The average Bonchev–Trinajstić information content (AvgIpc) is 4.07. The highest BCUT2D eigenvalue weighted by Crippen LogP contribution is 2.55. The number of rotatable bonds is 8. The number of cyclic esters (lactones) is 1. The molecule has 5 aliphatic heterocycles. The number of hydrogen-bond donors (Lipinski definition) is 0. The summed E-state index contributed by atoms with van der Waals surface area (Å²) in [7, 11) is 1.42. The van der Waals surface area contributed by atoms with Gasteiger partial charge in [0.1, 0.15) is 12.2 Å². The van der Waals surface area contributed by atoms with E-state index in [-0.39, 0.29) is 85.9 Å². The zero-order chi connectivity index (χ0) is 43.8. The van der Waals surface area contributed by atoms with Gasteiger partial charge in [0.15, 0.2) is 24.3 Å². The highest BCUT2D eigenvalue weighted by Gasteiger charge is 2.64. The Bertz CT molecular complexity index is 1590. The van der Waals surface area contributed by atoms with Crippen LogP contribution in [-0.2, 0) is 71.4 Å². The summed E-state index contributed by atoms with van der Waals surface area (Å²) in [6.07, 6.45) is 4.78. The van der Waals surface area contributed by atoms with Crippen LogP contribution >= 0.6 is 0 Å². The molecule has 3 saturated carbocycles. The van der Waals surface area contributed by atoms with Crippen LogP contribution in [0.2, 0.25) is 0 Å². The summed E-state index contributed by atoms with van der Waals surface area (Å²) in [6, 6.07) is 0. The smallest absolute Gasteiger partial charge is 0.350 e. The first-order chi connectivity index (χ1) is 27.5. The predicted octanol–water partition coefficient (Wildman–Crippen LogP) is 9.81. The molecule has 3 aliphatic carbocycles. The summed E-state index contributed by atoms with van der Waals surface area (Å²) < 4.78 is 47.9. The molecule has 5 saturated heterocycles. The van der Waals surface area contributed by atoms with Crippen molar-refractivity contribution in [2.24, 2.45) is 45.8 Å². The van der Waals surface area contributed by atoms with E-state index >= 15 is 0 Å². The molecule has 15 heteroatoms. The lowest BCUT2D eigenvalue weighted by molar-refractivity contribution is -0.217. The maximum absolute atomic E-state index is 12.2. The summed E-state index contributed by atoms with van der Waals surface area (Å²) >= 11 is 0. The fourth-order valence-corrected chi connectivity index (χ4v) is 8.86. The fraction of sp³-hybridized carbons (Fsp3) is 0.880. The third kappa shape index (κ3) is 13.7. The van der Waals surface area contributed by atoms with Crippen LogP contribution in [0, 0.1) is 45.8 Å². The molecule has 5 heterocycles. The van der Waals surface area contributed by atoms with Crippen LogP contribution in [0.15, 0.2) is 0 Å². The van der Waals surface area contributed by atoms with Crippen LogP contribution in [0.4, 0.5) is 0 Å². The lowest BCUT2D eigenvalue weighted by Gasteiger charge is -2.24. The monoisotopic (exact) mass is 933 g/mol. The van der Waals surface area contributed by atoms with E-state index in [0.29, 0.717) is 30.6 Å². The Morgan fingerprint density at radius 2 is 1.12 bits per heavy atom. The molecule has 8 fully saturated rings. The van der Waals surface area contributed by atoms with Gasteiger partial charge in [0.25, 0.3) is 0 Å². The van der Waals surface area contributed by atoms with E-state index in [2.05, 4.69) is 4.74 Å². The molecular formula is C50H92O15.